The Bertz CT molecular complexity index is 400. The summed E-state index contributed by atoms with van der Waals surface area (Å²) in [6.07, 6.45) is 2.01. The highest BCUT2D eigenvalue weighted by atomic mass is 32.2. The van der Waals surface area contributed by atoms with Gasteiger partial charge in [-0.2, -0.15) is 16.7 Å². The molecule has 4 heteroatoms. The van der Waals surface area contributed by atoms with E-state index in [9.17, 15) is 0 Å². The van der Waals surface area contributed by atoms with Gasteiger partial charge in [-0.3, -0.25) is 0 Å². The molecule has 0 bridgehead atoms. The summed E-state index contributed by atoms with van der Waals surface area (Å²) >= 11 is 1.67. The third kappa shape index (κ3) is 1.96. The van der Waals surface area contributed by atoms with Crippen molar-refractivity contribution in [2.24, 2.45) is 0 Å². The number of hydrogen-bond donors (Lipinski definition) is 0. The predicted molar refractivity (Wildman–Crippen MR) is 57.0 cm³/mol. The Kier molecular flexibility index (Phi) is 2.84. The fourth-order valence-electron chi connectivity index (χ4n) is 1.14. The van der Waals surface area contributed by atoms with E-state index in [2.05, 4.69) is 10.1 Å². The van der Waals surface area contributed by atoms with E-state index in [-0.39, 0.29) is 0 Å². The highest BCUT2D eigenvalue weighted by molar-refractivity contribution is 7.97. The first-order chi connectivity index (χ1) is 6.90. The molecule has 0 saturated carbocycles. The van der Waals surface area contributed by atoms with Crippen LogP contribution in [-0.2, 0) is 5.75 Å². The Morgan fingerprint density at radius 2 is 2.07 bits per heavy atom. The molecule has 0 fully saturated rings. The average molecular weight is 206 g/mol. The summed E-state index contributed by atoms with van der Waals surface area (Å²) in [6, 6.07) is 9.81. The van der Waals surface area contributed by atoms with Gasteiger partial charge in [0.1, 0.15) is 0 Å². The van der Waals surface area contributed by atoms with Crippen LogP contribution >= 0.6 is 11.8 Å². The molecule has 2 aromatic rings. The zero-order chi connectivity index (χ0) is 9.80. The number of rotatable bonds is 3. The molecule has 0 aliphatic rings. The molecule has 0 amide bonds. The smallest absolute Gasteiger partial charge is 0.236 e. The van der Waals surface area contributed by atoms with Crippen molar-refractivity contribution in [1.29, 1.82) is 0 Å². The Hall–Kier alpha value is -1.29. The van der Waals surface area contributed by atoms with Gasteiger partial charge in [0.25, 0.3) is 0 Å². The molecule has 1 aromatic heterocycles. The summed E-state index contributed by atoms with van der Waals surface area (Å²) in [6.45, 7) is 0. The van der Waals surface area contributed by atoms with E-state index in [1.165, 1.54) is 0 Å². The minimum absolute atomic E-state index is 0.662. The third-order valence-electron chi connectivity index (χ3n) is 1.77. The summed E-state index contributed by atoms with van der Waals surface area (Å²) in [5.74, 6) is 2.10. The molecule has 1 aromatic carbocycles. The van der Waals surface area contributed by atoms with Crippen LogP contribution in [0.1, 0.15) is 5.89 Å². The lowest BCUT2D eigenvalue weighted by molar-refractivity contribution is 0.392. The maximum Gasteiger partial charge on any atom is 0.236 e. The highest BCUT2D eigenvalue weighted by Crippen LogP contribution is 2.16. The molecule has 3 nitrogen and oxygen atoms in total. The van der Waals surface area contributed by atoms with Gasteiger partial charge >= 0.3 is 0 Å². The lowest BCUT2D eigenvalue weighted by Crippen LogP contribution is -1.81. The monoisotopic (exact) mass is 206 g/mol. The zero-order valence-electron chi connectivity index (χ0n) is 7.80. The number of nitrogens with zero attached hydrogens (tertiary/aromatic N) is 2. The first kappa shape index (κ1) is 9.27. The Balaban J connectivity index is 2.25. The zero-order valence-corrected chi connectivity index (χ0v) is 8.62. The number of benzene rings is 1. The van der Waals surface area contributed by atoms with Crippen LogP contribution in [0.2, 0.25) is 0 Å². The van der Waals surface area contributed by atoms with Crippen LogP contribution in [0, 0.1) is 0 Å². The van der Waals surface area contributed by atoms with Crippen molar-refractivity contribution in [3.05, 3.63) is 36.2 Å². The van der Waals surface area contributed by atoms with Gasteiger partial charge in [-0.1, -0.05) is 35.5 Å². The molecular formula is C10H10N2OS. The van der Waals surface area contributed by atoms with Gasteiger partial charge in [-0.25, -0.2) is 0 Å². The van der Waals surface area contributed by atoms with Gasteiger partial charge in [0, 0.05) is 5.56 Å². The molecule has 0 radical (unpaired) electrons. The lowest BCUT2D eigenvalue weighted by Gasteiger charge is -1.90. The molecule has 72 valence electrons. The van der Waals surface area contributed by atoms with Crippen molar-refractivity contribution >= 4 is 11.8 Å². The van der Waals surface area contributed by atoms with Crippen molar-refractivity contribution in [2.75, 3.05) is 6.26 Å². The maximum atomic E-state index is 5.08. The second kappa shape index (κ2) is 4.28. The van der Waals surface area contributed by atoms with E-state index >= 15 is 0 Å². The van der Waals surface area contributed by atoms with Crippen molar-refractivity contribution in [3.8, 4) is 11.4 Å². The van der Waals surface area contributed by atoms with Gasteiger partial charge in [0.05, 0.1) is 5.75 Å². The fraction of sp³-hybridized carbons (Fsp3) is 0.200. The fourth-order valence-corrected chi connectivity index (χ4v) is 1.51. The van der Waals surface area contributed by atoms with E-state index in [0.29, 0.717) is 11.7 Å². The number of aromatic nitrogens is 2. The second-order valence-electron chi connectivity index (χ2n) is 2.81. The summed E-state index contributed by atoms with van der Waals surface area (Å²) in [5.41, 5.74) is 0.989. The largest absolute Gasteiger partial charge is 0.338 e. The van der Waals surface area contributed by atoms with Crippen LogP contribution < -0.4 is 0 Å². The van der Waals surface area contributed by atoms with Gasteiger partial charge in [-0.15, -0.1) is 0 Å². The Morgan fingerprint density at radius 1 is 1.29 bits per heavy atom. The molecule has 14 heavy (non-hydrogen) atoms. The molecule has 1 heterocycles. The van der Waals surface area contributed by atoms with Gasteiger partial charge in [0.15, 0.2) is 0 Å². The predicted octanol–water partition coefficient (Wildman–Crippen LogP) is 2.60. The number of thioether (sulfide) groups is 1. The topological polar surface area (TPSA) is 38.9 Å². The lowest BCUT2D eigenvalue weighted by atomic mass is 10.2. The number of hydrogen-bond acceptors (Lipinski definition) is 4. The molecule has 0 atom stereocenters. The van der Waals surface area contributed by atoms with Crippen molar-refractivity contribution in [1.82, 2.24) is 10.1 Å². The van der Waals surface area contributed by atoms with Crippen LogP contribution in [0.3, 0.4) is 0 Å². The standard InChI is InChI=1S/C10H10N2OS/c1-14-7-9-11-10(12-13-9)8-5-3-2-4-6-8/h2-6H,7H2,1H3. The molecule has 0 unspecified atom stereocenters. The summed E-state index contributed by atoms with van der Waals surface area (Å²) in [4.78, 5) is 4.27. The van der Waals surface area contributed by atoms with Crippen LogP contribution in [0.15, 0.2) is 34.9 Å². The molecule has 0 spiro atoms. The molecule has 0 aliphatic heterocycles. The van der Waals surface area contributed by atoms with Crippen molar-refractivity contribution in [3.63, 3.8) is 0 Å². The van der Waals surface area contributed by atoms with E-state index < -0.39 is 0 Å². The SMILES string of the molecule is CSCc1nc(-c2ccccc2)no1. The molecule has 2 rings (SSSR count). The molecular weight excluding hydrogens is 196 g/mol. The first-order valence-corrected chi connectivity index (χ1v) is 5.66. The van der Waals surface area contributed by atoms with Gasteiger partial charge in [0.2, 0.25) is 11.7 Å². The Labute approximate surface area is 86.5 Å². The van der Waals surface area contributed by atoms with Gasteiger partial charge in [-0.05, 0) is 6.26 Å². The van der Waals surface area contributed by atoms with Crippen LogP contribution in [0.4, 0.5) is 0 Å². The van der Waals surface area contributed by atoms with E-state index in [0.717, 1.165) is 11.3 Å². The third-order valence-corrected chi connectivity index (χ3v) is 2.30. The molecule has 0 saturated heterocycles. The van der Waals surface area contributed by atoms with Crippen molar-refractivity contribution in [2.45, 2.75) is 5.75 Å². The maximum absolute atomic E-state index is 5.08. The summed E-state index contributed by atoms with van der Waals surface area (Å²) < 4.78 is 5.08. The van der Waals surface area contributed by atoms with Crippen LogP contribution in [-0.4, -0.2) is 16.4 Å². The van der Waals surface area contributed by atoms with Crippen molar-refractivity contribution < 1.29 is 4.52 Å². The normalized spacial score (nSPS) is 10.4. The minimum atomic E-state index is 0.662. The summed E-state index contributed by atoms with van der Waals surface area (Å²) in [5, 5.41) is 3.91. The minimum Gasteiger partial charge on any atom is -0.338 e. The van der Waals surface area contributed by atoms with Crippen LogP contribution in [0.5, 0.6) is 0 Å². The quantitative estimate of drug-likeness (QED) is 0.773. The van der Waals surface area contributed by atoms with E-state index in [4.69, 9.17) is 4.52 Å². The molecule has 0 N–H and O–H groups in total. The average Bonchev–Trinajstić information content (AvgIpc) is 2.68. The second-order valence-corrected chi connectivity index (χ2v) is 3.68. The first-order valence-electron chi connectivity index (χ1n) is 4.27. The van der Waals surface area contributed by atoms with Crippen LogP contribution in [0.25, 0.3) is 11.4 Å². The van der Waals surface area contributed by atoms with E-state index in [1.54, 1.807) is 11.8 Å². The van der Waals surface area contributed by atoms with E-state index in [1.807, 2.05) is 36.6 Å². The summed E-state index contributed by atoms with van der Waals surface area (Å²) in [7, 11) is 0. The Morgan fingerprint density at radius 3 is 2.79 bits per heavy atom. The highest BCUT2D eigenvalue weighted by Gasteiger charge is 2.06. The molecule has 0 aliphatic carbocycles. The van der Waals surface area contributed by atoms with Gasteiger partial charge < -0.3 is 4.52 Å².